The van der Waals surface area contributed by atoms with Crippen LogP contribution < -0.4 is 15.4 Å². The number of rotatable bonds is 7. The number of amides is 2. The Morgan fingerprint density at radius 1 is 1.00 bits per heavy atom. The SMILES string of the molecule is O=C(COc1ccc(Cl)cc1)NCC(=O)Nc1ccc(Cl)c(C(=O)O)c1. The van der Waals surface area contributed by atoms with Crippen molar-refractivity contribution in [2.75, 3.05) is 18.5 Å². The topological polar surface area (TPSA) is 105 Å². The van der Waals surface area contributed by atoms with Crippen molar-refractivity contribution in [3.05, 3.63) is 58.1 Å². The Kier molecular flexibility index (Phi) is 6.82. The number of carboxylic acid groups (broad SMARTS) is 1. The van der Waals surface area contributed by atoms with Crippen LogP contribution in [0.3, 0.4) is 0 Å². The van der Waals surface area contributed by atoms with Crippen LogP contribution in [0.4, 0.5) is 5.69 Å². The van der Waals surface area contributed by atoms with E-state index >= 15 is 0 Å². The molecule has 3 N–H and O–H groups in total. The molecule has 2 amide bonds. The quantitative estimate of drug-likeness (QED) is 0.667. The van der Waals surface area contributed by atoms with Crippen molar-refractivity contribution in [2.45, 2.75) is 0 Å². The Morgan fingerprint density at radius 2 is 1.69 bits per heavy atom. The standard InChI is InChI=1S/C17H14Cl2N2O5/c18-10-1-4-12(5-2-10)26-9-16(23)20-8-15(22)21-11-3-6-14(19)13(7-11)17(24)25/h1-7H,8-9H2,(H,20,23)(H,21,22)(H,24,25). The molecule has 0 aliphatic heterocycles. The van der Waals surface area contributed by atoms with Crippen LogP contribution in [0.1, 0.15) is 10.4 Å². The molecule has 2 aromatic rings. The highest BCUT2D eigenvalue weighted by molar-refractivity contribution is 6.33. The molecule has 7 nitrogen and oxygen atoms in total. The summed E-state index contributed by atoms with van der Waals surface area (Å²) in [5.74, 6) is -1.75. The van der Waals surface area contributed by atoms with E-state index in [0.29, 0.717) is 10.8 Å². The summed E-state index contributed by atoms with van der Waals surface area (Å²) in [5, 5.41) is 14.5. The first-order valence-corrected chi connectivity index (χ1v) is 8.08. The summed E-state index contributed by atoms with van der Waals surface area (Å²) in [4.78, 5) is 34.5. The first kappa shape index (κ1) is 19.6. The summed E-state index contributed by atoms with van der Waals surface area (Å²) >= 11 is 11.5. The van der Waals surface area contributed by atoms with Gasteiger partial charge in [-0.2, -0.15) is 0 Å². The molecule has 0 bridgehead atoms. The Morgan fingerprint density at radius 3 is 2.35 bits per heavy atom. The van der Waals surface area contributed by atoms with E-state index in [4.69, 9.17) is 33.0 Å². The first-order valence-electron chi connectivity index (χ1n) is 7.33. The lowest BCUT2D eigenvalue weighted by Gasteiger charge is -2.09. The van der Waals surface area contributed by atoms with E-state index in [1.807, 2.05) is 0 Å². The summed E-state index contributed by atoms with van der Waals surface area (Å²) in [6.07, 6.45) is 0. The molecule has 26 heavy (non-hydrogen) atoms. The van der Waals surface area contributed by atoms with Crippen molar-refractivity contribution in [3.8, 4) is 5.75 Å². The zero-order valence-electron chi connectivity index (χ0n) is 13.3. The van der Waals surface area contributed by atoms with Gasteiger partial charge in [-0.1, -0.05) is 23.2 Å². The number of halogens is 2. The summed E-state index contributed by atoms with van der Waals surface area (Å²) < 4.78 is 5.25. The summed E-state index contributed by atoms with van der Waals surface area (Å²) in [6, 6.07) is 10.5. The van der Waals surface area contributed by atoms with Gasteiger partial charge in [-0.05, 0) is 42.5 Å². The van der Waals surface area contributed by atoms with Gasteiger partial charge >= 0.3 is 5.97 Å². The molecule has 0 saturated heterocycles. The van der Waals surface area contributed by atoms with E-state index in [1.54, 1.807) is 24.3 Å². The van der Waals surface area contributed by atoms with Crippen molar-refractivity contribution >= 4 is 46.7 Å². The summed E-state index contributed by atoms with van der Waals surface area (Å²) in [7, 11) is 0. The van der Waals surface area contributed by atoms with Gasteiger partial charge in [-0.25, -0.2) is 4.79 Å². The fourth-order valence-electron chi connectivity index (χ4n) is 1.88. The van der Waals surface area contributed by atoms with Crippen LogP contribution in [0.5, 0.6) is 5.75 Å². The molecule has 9 heteroatoms. The maximum atomic E-state index is 11.8. The van der Waals surface area contributed by atoms with Gasteiger partial charge in [0.2, 0.25) is 5.91 Å². The first-order chi connectivity index (χ1) is 12.3. The molecule has 0 heterocycles. The highest BCUT2D eigenvalue weighted by Gasteiger charge is 2.11. The van der Waals surface area contributed by atoms with Gasteiger partial charge in [-0.3, -0.25) is 9.59 Å². The second kappa shape index (κ2) is 9.07. The number of benzene rings is 2. The normalized spacial score (nSPS) is 10.1. The minimum atomic E-state index is -1.21. The molecule has 0 radical (unpaired) electrons. The molecular formula is C17H14Cl2N2O5. The van der Waals surface area contributed by atoms with Gasteiger partial charge in [0, 0.05) is 10.7 Å². The Bertz CT molecular complexity index is 824. The predicted molar refractivity (Wildman–Crippen MR) is 97.0 cm³/mol. The van der Waals surface area contributed by atoms with Gasteiger partial charge in [-0.15, -0.1) is 0 Å². The van der Waals surface area contributed by atoms with Crippen molar-refractivity contribution in [2.24, 2.45) is 0 Å². The molecule has 0 aliphatic rings. The lowest BCUT2D eigenvalue weighted by Crippen LogP contribution is -2.35. The highest BCUT2D eigenvalue weighted by atomic mass is 35.5. The van der Waals surface area contributed by atoms with Crippen molar-refractivity contribution in [3.63, 3.8) is 0 Å². The maximum Gasteiger partial charge on any atom is 0.337 e. The van der Waals surface area contributed by atoms with E-state index in [-0.39, 0.29) is 29.4 Å². The molecule has 136 valence electrons. The van der Waals surface area contributed by atoms with Crippen LogP contribution in [-0.4, -0.2) is 36.0 Å². The number of nitrogens with one attached hydrogen (secondary N) is 2. The van der Waals surface area contributed by atoms with Crippen LogP contribution >= 0.6 is 23.2 Å². The monoisotopic (exact) mass is 396 g/mol. The van der Waals surface area contributed by atoms with E-state index in [2.05, 4.69) is 10.6 Å². The van der Waals surface area contributed by atoms with E-state index < -0.39 is 17.8 Å². The zero-order chi connectivity index (χ0) is 19.1. The Labute approximate surface area is 158 Å². The van der Waals surface area contributed by atoms with Gasteiger partial charge < -0.3 is 20.5 Å². The van der Waals surface area contributed by atoms with E-state index in [1.165, 1.54) is 18.2 Å². The molecule has 0 saturated carbocycles. The third-order valence-corrected chi connectivity index (χ3v) is 3.69. The second-order valence-electron chi connectivity index (χ2n) is 5.07. The number of aromatic carboxylic acids is 1. The Hall–Kier alpha value is -2.77. The molecule has 2 aromatic carbocycles. The minimum Gasteiger partial charge on any atom is -0.484 e. The van der Waals surface area contributed by atoms with Gasteiger partial charge in [0.15, 0.2) is 6.61 Å². The van der Waals surface area contributed by atoms with Gasteiger partial charge in [0.1, 0.15) is 5.75 Å². The van der Waals surface area contributed by atoms with Crippen molar-refractivity contribution in [1.29, 1.82) is 0 Å². The average Bonchev–Trinajstić information content (AvgIpc) is 2.61. The Balaban J connectivity index is 1.79. The van der Waals surface area contributed by atoms with E-state index in [0.717, 1.165) is 0 Å². The third kappa shape index (κ3) is 5.94. The van der Waals surface area contributed by atoms with Crippen LogP contribution in [0, 0.1) is 0 Å². The fraction of sp³-hybridized carbons (Fsp3) is 0.118. The van der Waals surface area contributed by atoms with E-state index in [9.17, 15) is 14.4 Å². The smallest absolute Gasteiger partial charge is 0.337 e. The molecular weight excluding hydrogens is 383 g/mol. The number of carbonyl (C=O) groups excluding carboxylic acids is 2. The molecule has 0 fully saturated rings. The number of anilines is 1. The van der Waals surface area contributed by atoms with Crippen LogP contribution in [0.25, 0.3) is 0 Å². The number of carbonyl (C=O) groups is 3. The molecule has 0 aliphatic carbocycles. The molecule has 2 rings (SSSR count). The van der Waals surface area contributed by atoms with Crippen molar-refractivity contribution in [1.82, 2.24) is 5.32 Å². The molecule has 0 unspecified atom stereocenters. The minimum absolute atomic E-state index is 0.0585. The summed E-state index contributed by atoms with van der Waals surface area (Å²) in [5.41, 5.74) is 0.119. The maximum absolute atomic E-state index is 11.8. The number of hydrogen-bond acceptors (Lipinski definition) is 4. The second-order valence-corrected chi connectivity index (χ2v) is 5.91. The number of hydrogen-bond donors (Lipinski definition) is 3. The lowest BCUT2D eigenvalue weighted by molar-refractivity contribution is -0.125. The molecule has 0 spiro atoms. The van der Waals surface area contributed by atoms with Gasteiger partial charge in [0.25, 0.3) is 5.91 Å². The highest BCUT2D eigenvalue weighted by Crippen LogP contribution is 2.20. The molecule has 0 atom stereocenters. The predicted octanol–water partition coefficient (Wildman–Crippen LogP) is 2.83. The lowest BCUT2D eigenvalue weighted by atomic mass is 10.2. The number of carboxylic acids is 1. The zero-order valence-corrected chi connectivity index (χ0v) is 14.8. The summed E-state index contributed by atoms with van der Waals surface area (Å²) in [6.45, 7) is -0.563. The number of ether oxygens (including phenoxy) is 1. The van der Waals surface area contributed by atoms with Crippen LogP contribution in [0.15, 0.2) is 42.5 Å². The largest absolute Gasteiger partial charge is 0.484 e. The van der Waals surface area contributed by atoms with Gasteiger partial charge in [0.05, 0.1) is 17.1 Å². The van der Waals surface area contributed by atoms with Crippen LogP contribution in [-0.2, 0) is 9.59 Å². The third-order valence-electron chi connectivity index (χ3n) is 3.11. The van der Waals surface area contributed by atoms with Crippen molar-refractivity contribution < 1.29 is 24.2 Å². The van der Waals surface area contributed by atoms with Crippen LogP contribution in [0.2, 0.25) is 10.0 Å². The fourth-order valence-corrected chi connectivity index (χ4v) is 2.21. The average molecular weight is 397 g/mol. The molecule has 0 aromatic heterocycles.